The van der Waals surface area contributed by atoms with E-state index in [9.17, 15) is 19.7 Å². The van der Waals surface area contributed by atoms with Gasteiger partial charge in [-0.15, -0.1) is 0 Å². The largest absolute Gasteiger partial charge is 0.326 e. The van der Waals surface area contributed by atoms with Gasteiger partial charge in [0.2, 0.25) is 5.91 Å². The van der Waals surface area contributed by atoms with E-state index in [1.165, 1.54) is 52.9 Å². The Balaban J connectivity index is 1.71. The molecule has 3 rings (SSSR count). The molecular weight excluding hydrogens is 320 g/mol. The van der Waals surface area contributed by atoms with Gasteiger partial charge in [-0.25, -0.2) is 4.98 Å². The number of nitrogens with one attached hydrogen (secondary N) is 1. The number of thioether (sulfide) groups is 1. The van der Waals surface area contributed by atoms with Gasteiger partial charge in [-0.2, -0.15) is 0 Å². The lowest BCUT2D eigenvalue weighted by atomic mass is 10.1. The van der Waals surface area contributed by atoms with Crippen molar-refractivity contribution in [1.82, 2.24) is 9.55 Å². The summed E-state index contributed by atoms with van der Waals surface area (Å²) in [6.07, 6.45) is 1.46. The molecular formula is C14H12N4O4S. The van der Waals surface area contributed by atoms with Crippen molar-refractivity contribution in [3.8, 4) is 0 Å². The molecule has 1 aromatic heterocycles. The van der Waals surface area contributed by atoms with Crippen molar-refractivity contribution >= 4 is 29.0 Å². The van der Waals surface area contributed by atoms with Crippen LogP contribution in [0.25, 0.3) is 0 Å². The van der Waals surface area contributed by atoms with Crippen molar-refractivity contribution in [1.29, 1.82) is 0 Å². The van der Waals surface area contributed by atoms with Crippen LogP contribution in [0.15, 0.2) is 46.5 Å². The third-order valence-electron chi connectivity index (χ3n) is 3.43. The molecule has 118 valence electrons. The molecule has 23 heavy (non-hydrogen) atoms. The minimum Gasteiger partial charge on any atom is -0.326 e. The van der Waals surface area contributed by atoms with Gasteiger partial charge in [-0.05, 0) is 12.1 Å². The molecule has 0 saturated carbocycles. The van der Waals surface area contributed by atoms with Gasteiger partial charge < -0.3 is 5.32 Å². The second-order valence-electron chi connectivity index (χ2n) is 4.98. The van der Waals surface area contributed by atoms with Gasteiger partial charge in [0.15, 0.2) is 5.16 Å². The molecule has 0 radical (unpaired) electrons. The average Bonchev–Trinajstić information content (AvgIpc) is 2.55. The van der Waals surface area contributed by atoms with Crippen LogP contribution in [0, 0.1) is 16.0 Å². The van der Waals surface area contributed by atoms with Gasteiger partial charge >= 0.3 is 0 Å². The maximum Gasteiger partial charge on any atom is 0.269 e. The lowest BCUT2D eigenvalue weighted by Crippen LogP contribution is -2.36. The molecule has 1 atom stereocenters. The molecule has 2 heterocycles. The van der Waals surface area contributed by atoms with Crippen molar-refractivity contribution < 1.29 is 9.72 Å². The van der Waals surface area contributed by atoms with E-state index in [0.717, 1.165) is 0 Å². The first-order valence-corrected chi connectivity index (χ1v) is 7.77. The van der Waals surface area contributed by atoms with Crippen molar-refractivity contribution in [2.24, 2.45) is 5.92 Å². The Morgan fingerprint density at radius 2 is 2.09 bits per heavy atom. The van der Waals surface area contributed by atoms with Crippen LogP contribution < -0.4 is 10.9 Å². The maximum absolute atomic E-state index is 12.3. The summed E-state index contributed by atoms with van der Waals surface area (Å²) in [7, 11) is 0. The lowest BCUT2D eigenvalue weighted by molar-refractivity contribution is -0.384. The van der Waals surface area contributed by atoms with Gasteiger partial charge in [0.1, 0.15) is 0 Å². The van der Waals surface area contributed by atoms with E-state index in [0.29, 0.717) is 16.6 Å². The van der Waals surface area contributed by atoms with E-state index >= 15 is 0 Å². The Hall–Kier alpha value is -2.68. The van der Waals surface area contributed by atoms with Crippen LogP contribution in [0.5, 0.6) is 0 Å². The predicted molar refractivity (Wildman–Crippen MR) is 84.4 cm³/mol. The number of benzene rings is 1. The van der Waals surface area contributed by atoms with Crippen LogP contribution in [-0.2, 0) is 11.3 Å². The summed E-state index contributed by atoms with van der Waals surface area (Å²) in [5.74, 6) is -0.0766. The number of carbonyl (C=O) groups is 1. The number of nitrogens with zero attached hydrogens (tertiary/aromatic N) is 3. The number of aromatic nitrogens is 2. The first-order chi connectivity index (χ1) is 11.0. The summed E-state index contributed by atoms with van der Waals surface area (Å²) < 4.78 is 1.48. The molecule has 2 aromatic rings. The highest BCUT2D eigenvalue weighted by Crippen LogP contribution is 2.25. The molecule has 1 aliphatic rings. The molecule has 1 amide bonds. The fourth-order valence-electron chi connectivity index (χ4n) is 2.22. The number of non-ortho nitro benzene ring substituents is 1. The summed E-state index contributed by atoms with van der Waals surface area (Å²) in [6, 6.07) is 6.98. The van der Waals surface area contributed by atoms with Crippen LogP contribution in [0.2, 0.25) is 0 Å². The van der Waals surface area contributed by atoms with Crippen molar-refractivity contribution in [3.63, 3.8) is 0 Å². The second-order valence-corrected chi connectivity index (χ2v) is 5.96. The third kappa shape index (κ3) is 3.24. The number of rotatable bonds is 3. The van der Waals surface area contributed by atoms with Gasteiger partial charge in [0.05, 0.1) is 10.8 Å². The van der Waals surface area contributed by atoms with Crippen LogP contribution >= 0.6 is 11.8 Å². The smallest absolute Gasteiger partial charge is 0.269 e. The highest BCUT2D eigenvalue weighted by atomic mass is 32.2. The molecule has 9 heteroatoms. The molecule has 1 N–H and O–H groups in total. The number of amides is 1. The topological polar surface area (TPSA) is 107 Å². The Kier molecular flexibility index (Phi) is 4.11. The number of nitro groups is 1. The molecule has 8 nitrogen and oxygen atoms in total. The van der Waals surface area contributed by atoms with Gasteiger partial charge in [0.25, 0.3) is 11.2 Å². The minimum atomic E-state index is -0.500. The molecule has 0 spiro atoms. The third-order valence-corrected chi connectivity index (χ3v) is 4.59. The molecule has 0 saturated heterocycles. The maximum atomic E-state index is 12.3. The fraction of sp³-hybridized carbons (Fsp3) is 0.214. The Morgan fingerprint density at radius 3 is 2.78 bits per heavy atom. The molecule has 0 bridgehead atoms. The molecule has 1 unspecified atom stereocenters. The zero-order chi connectivity index (χ0) is 16.4. The monoisotopic (exact) mass is 332 g/mol. The minimum absolute atomic E-state index is 0.0391. The van der Waals surface area contributed by atoms with Crippen molar-refractivity contribution in [2.45, 2.75) is 11.7 Å². The highest BCUT2D eigenvalue weighted by molar-refractivity contribution is 7.99. The van der Waals surface area contributed by atoms with Crippen LogP contribution in [0.3, 0.4) is 0 Å². The summed E-state index contributed by atoms with van der Waals surface area (Å²) in [4.78, 5) is 38.3. The van der Waals surface area contributed by atoms with Crippen LogP contribution in [0.1, 0.15) is 0 Å². The Labute approximate surface area is 134 Å². The van der Waals surface area contributed by atoms with E-state index < -0.39 is 4.92 Å². The number of anilines is 1. The molecule has 0 aliphatic carbocycles. The first-order valence-electron chi connectivity index (χ1n) is 6.78. The fourth-order valence-corrected chi connectivity index (χ4v) is 3.28. The zero-order valence-corrected chi connectivity index (χ0v) is 12.7. The van der Waals surface area contributed by atoms with E-state index in [1.807, 2.05) is 0 Å². The molecule has 0 fully saturated rings. The quantitative estimate of drug-likeness (QED) is 0.519. The zero-order valence-electron chi connectivity index (χ0n) is 11.8. The average molecular weight is 332 g/mol. The number of nitro benzene ring substituents is 1. The predicted octanol–water partition coefficient (Wildman–Crippen LogP) is 1.51. The number of carbonyl (C=O) groups excluding carboxylic acids is 1. The Morgan fingerprint density at radius 1 is 1.35 bits per heavy atom. The van der Waals surface area contributed by atoms with Crippen molar-refractivity contribution in [2.75, 3.05) is 11.1 Å². The van der Waals surface area contributed by atoms with E-state index in [4.69, 9.17) is 0 Å². The van der Waals surface area contributed by atoms with Gasteiger partial charge in [0, 0.05) is 42.4 Å². The van der Waals surface area contributed by atoms with Crippen LogP contribution in [-0.4, -0.2) is 26.1 Å². The number of fused-ring (bicyclic) bond motifs is 1. The molecule has 1 aromatic carbocycles. The number of hydrogen-bond acceptors (Lipinski definition) is 6. The van der Waals surface area contributed by atoms with Gasteiger partial charge in [-0.3, -0.25) is 24.3 Å². The number of hydrogen-bond donors (Lipinski definition) is 1. The summed E-state index contributed by atoms with van der Waals surface area (Å²) in [5.41, 5.74) is 0.257. The highest BCUT2D eigenvalue weighted by Gasteiger charge is 2.26. The Bertz CT molecular complexity index is 818. The van der Waals surface area contributed by atoms with E-state index in [2.05, 4.69) is 10.3 Å². The SMILES string of the molecule is O=C(Nc1ccc([N+](=O)[O-])cc1)C1CSc2nccc(=O)n2C1. The van der Waals surface area contributed by atoms with Gasteiger partial charge in [-0.1, -0.05) is 11.8 Å². The summed E-state index contributed by atoms with van der Waals surface area (Å²) >= 11 is 1.36. The van der Waals surface area contributed by atoms with E-state index in [1.54, 1.807) is 0 Å². The summed E-state index contributed by atoms with van der Waals surface area (Å²) in [5, 5.41) is 13.9. The van der Waals surface area contributed by atoms with Crippen molar-refractivity contribution in [3.05, 3.63) is 57.0 Å². The van der Waals surface area contributed by atoms with Crippen LogP contribution in [0.4, 0.5) is 11.4 Å². The molecule has 1 aliphatic heterocycles. The normalized spacial score (nSPS) is 16.4. The summed E-state index contributed by atoms with van der Waals surface area (Å²) in [6.45, 7) is 0.272. The second kappa shape index (κ2) is 6.21. The standard InChI is InChI=1S/C14H12N4O4S/c19-12-5-6-15-14-17(12)7-9(8-23-14)13(20)16-10-1-3-11(4-2-10)18(21)22/h1-6,9H,7-8H2,(H,16,20). The lowest BCUT2D eigenvalue weighted by Gasteiger charge is -2.23. The van der Waals surface area contributed by atoms with E-state index in [-0.39, 0.29) is 29.6 Å². The first kappa shape index (κ1) is 15.2.